The molecular formula is C19H18N2O2. The third kappa shape index (κ3) is 2.66. The van der Waals surface area contributed by atoms with E-state index in [2.05, 4.69) is 0 Å². The first-order chi connectivity index (χ1) is 11.3. The Bertz CT molecular complexity index is 881. The van der Waals surface area contributed by atoms with E-state index in [0.717, 1.165) is 30.5 Å². The highest BCUT2D eigenvalue weighted by Gasteiger charge is 2.20. The number of para-hydroxylation sites is 1. The Morgan fingerprint density at radius 1 is 1.09 bits per heavy atom. The number of hydrogen-bond donors (Lipinski definition) is 0. The third-order valence-corrected chi connectivity index (χ3v) is 4.30. The summed E-state index contributed by atoms with van der Waals surface area (Å²) in [5, 5.41) is 0.658. The minimum absolute atomic E-state index is 0.00459. The zero-order valence-corrected chi connectivity index (χ0v) is 12.8. The third-order valence-electron chi connectivity index (χ3n) is 4.30. The van der Waals surface area contributed by atoms with Crippen LogP contribution in [0.1, 0.15) is 12.8 Å². The van der Waals surface area contributed by atoms with Crippen molar-refractivity contribution in [1.29, 1.82) is 0 Å². The molecule has 1 saturated heterocycles. The van der Waals surface area contributed by atoms with E-state index in [1.54, 1.807) is 4.57 Å². The predicted molar refractivity (Wildman–Crippen MR) is 90.4 cm³/mol. The van der Waals surface area contributed by atoms with Crippen molar-refractivity contribution in [1.82, 2.24) is 9.55 Å². The molecule has 1 aliphatic rings. The van der Waals surface area contributed by atoms with E-state index < -0.39 is 0 Å². The lowest BCUT2D eigenvalue weighted by Crippen LogP contribution is -2.28. The zero-order chi connectivity index (χ0) is 15.6. The molecule has 116 valence electrons. The molecule has 4 rings (SSSR count). The lowest BCUT2D eigenvalue weighted by atomic mass is 10.1. The molecule has 0 aliphatic carbocycles. The average Bonchev–Trinajstić information content (AvgIpc) is 3.11. The standard InChI is InChI=1S/C19H18N2O2/c22-19-16-10-4-5-11-17(16)20-18(14-7-2-1-3-8-14)21(19)13-15-9-6-12-23-15/h1-5,7-8,10-11,15H,6,9,12-13H2. The Balaban J connectivity index is 1.92. The number of rotatable bonds is 3. The van der Waals surface area contributed by atoms with Crippen LogP contribution in [0.5, 0.6) is 0 Å². The number of hydrogen-bond acceptors (Lipinski definition) is 3. The van der Waals surface area contributed by atoms with Gasteiger partial charge in [-0.25, -0.2) is 4.98 Å². The molecule has 1 aliphatic heterocycles. The Morgan fingerprint density at radius 3 is 2.65 bits per heavy atom. The highest BCUT2D eigenvalue weighted by molar-refractivity contribution is 5.79. The summed E-state index contributed by atoms with van der Waals surface area (Å²) >= 11 is 0. The van der Waals surface area contributed by atoms with Gasteiger partial charge in [0, 0.05) is 12.2 Å². The molecule has 1 unspecified atom stereocenters. The predicted octanol–water partition coefficient (Wildman–Crippen LogP) is 3.24. The molecule has 1 aromatic heterocycles. The Hall–Kier alpha value is -2.46. The van der Waals surface area contributed by atoms with E-state index in [1.807, 2.05) is 54.6 Å². The SMILES string of the molecule is O=c1c2ccccc2nc(-c2ccccc2)n1CC1CCCO1. The topological polar surface area (TPSA) is 44.1 Å². The Morgan fingerprint density at radius 2 is 1.87 bits per heavy atom. The highest BCUT2D eigenvalue weighted by Crippen LogP contribution is 2.21. The molecule has 1 fully saturated rings. The fourth-order valence-corrected chi connectivity index (χ4v) is 3.14. The molecule has 23 heavy (non-hydrogen) atoms. The second-order valence-corrected chi connectivity index (χ2v) is 5.87. The van der Waals surface area contributed by atoms with Gasteiger partial charge in [0.25, 0.3) is 5.56 Å². The summed E-state index contributed by atoms with van der Waals surface area (Å²) in [5.74, 6) is 0.713. The van der Waals surface area contributed by atoms with Crippen LogP contribution < -0.4 is 5.56 Å². The maximum atomic E-state index is 13.0. The minimum atomic E-state index is 0.00459. The van der Waals surface area contributed by atoms with E-state index >= 15 is 0 Å². The van der Waals surface area contributed by atoms with Crippen LogP contribution in [0.2, 0.25) is 0 Å². The summed E-state index contributed by atoms with van der Waals surface area (Å²) in [7, 11) is 0. The van der Waals surface area contributed by atoms with Crippen LogP contribution in [0, 0.1) is 0 Å². The van der Waals surface area contributed by atoms with Crippen LogP contribution >= 0.6 is 0 Å². The van der Waals surface area contributed by atoms with Crippen LogP contribution in [0.3, 0.4) is 0 Å². The molecule has 0 spiro atoms. The van der Waals surface area contributed by atoms with Crippen molar-refractivity contribution in [3.8, 4) is 11.4 Å². The van der Waals surface area contributed by atoms with E-state index in [1.165, 1.54) is 0 Å². The van der Waals surface area contributed by atoms with Gasteiger partial charge in [-0.05, 0) is 25.0 Å². The van der Waals surface area contributed by atoms with Crippen molar-refractivity contribution in [2.45, 2.75) is 25.5 Å². The van der Waals surface area contributed by atoms with Crippen molar-refractivity contribution in [3.05, 3.63) is 65.0 Å². The number of fused-ring (bicyclic) bond motifs is 1. The number of benzene rings is 2. The van der Waals surface area contributed by atoms with Gasteiger partial charge in [-0.3, -0.25) is 9.36 Å². The molecule has 0 N–H and O–H groups in total. The minimum Gasteiger partial charge on any atom is -0.376 e. The molecule has 0 bridgehead atoms. The molecule has 1 atom stereocenters. The van der Waals surface area contributed by atoms with Crippen LogP contribution in [0.25, 0.3) is 22.3 Å². The molecular weight excluding hydrogens is 288 g/mol. The number of ether oxygens (including phenoxy) is 1. The number of nitrogens with zero attached hydrogens (tertiary/aromatic N) is 2. The maximum absolute atomic E-state index is 13.0. The molecule has 0 saturated carbocycles. The fraction of sp³-hybridized carbons (Fsp3) is 0.263. The first kappa shape index (κ1) is 14.2. The molecule has 4 nitrogen and oxygen atoms in total. The molecule has 3 aromatic rings. The van der Waals surface area contributed by atoms with E-state index in [-0.39, 0.29) is 11.7 Å². The smallest absolute Gasteiger partial charge is 0.261 e. The van der Waals surface area contributed by atoms with Gasteiger partial charge in [-0.15, -0.1) is 0 Å². The van der Waals surface area contributed by atoms with Crippen molar-refractivity contribution < 1.29 is 4.74 Å². The van der Waals surface area contributed by atoms with Gasteiger partial charge in [0.15, 0.2) is 0 Å². The summed E-state index contributed by atoms with van der Waals surface area (Å²) in [6, 6.07) is 17.4. The normalized spacial score (nSPS) is 17.7. The average molecular weight is 306 g/mol. The molecule has 2 aromatic carbocycles. The van der Waals surface area contributed by atoms with Gasteiger partial charge in [0.2, 0.25) is 0 Å². The van der Waals surface area contributed by atoms with Crippen LogP contribution in [-0.4, -0.2) is 22.3 Å². The first-order valence-electron chi connectivity index (χ1n) is 7.99. The van der Waals surface area contributed by atoms with E-state index in [4.69, 9.17) is 9.72 Å². The van der Waals surface area contributed by atoms with Crippen LogP contribution in [-0.2, 0) is 11.3 Å². The van der Waals surface area contributed by atoms with E-state index in [0.29, 0.717) is 17.8 Å². The first-order valence-corrected chi connectivity index (χ1v) is 7.99. The molecule has 4 heteroatoms. The highest BCUT2D eigenvalue weighted by atomic mass is 16.5. The maximum Gasteiger partial charge on any atom is 0.261 e. The second-order valence-electron chi connectivity index (χ2n) is 5.87. The summed E-state index contributed by atoms with van der Waals surface area (Å²) in [4.78, 5) is 17.7. The monoisotopic (exact) mass is 306 g/mol. The molecule has 0 radical (unpaired) electrons. The van der Waals surface area contributed by atoms with Gasteiger partial charge in [-0.1, -0.05) is 42.5 Å². The van der Waals surface area contributed by atoms with Crippen molar-refractivity contribution in [2.24, 2.45) is 0 Å². The fourth-order valence-electron chi connectivity index (χ4n) is 3.14. The summed E-state index contributed by atoms with van der Waals surface area (Å²) in [5.41, 5.74) is 1.69. The van der Waals surface area contributed by atoms with Gasteiger partial charge in [0.1, 0.15) is 5.82 Å². The Labute approximate surface area is 134 Å². The van der Waals surface area contributed by atoms with Crippen LogP contribution in [0.15, 0.2) is 59.4 Å². The van der Waals surface area contributed by atoms with Crippen LogP contribution in [0.4, 0.5) is 0 Å². The van der Waals surface area contributed by atoms with Crippen molar-refractivity contribution in [2.75, 3.05) is 6.61 Å². The van der Waals surface area contributed by atoms with Gasteiger partial charge >= 0.3 is 0 Å². The van der Waals surface area contributed by atoms with Crippen molar-refractivity contribution >= 4 is 10.9 Å². The van der Waals surface area contributed by atoms with Crippen molar-refractivity contribution in [3.63, 3.8) is 0 Å². The zero-order valence-electron chi connectivity index (χ0n) is 12.8. The summed E-state index contributed by atoms with van der Waals surface area (Å²) < 4.78 is 7.50. The van der Waals surface area contributed by atoms with Gasteiger partial charge in [-0.2, -0.15) is 0 Å². The van der Waals surface area contributed by atoms with E-state index in [9.17, 15) is 4.79 Å². The lowest BCUT2D eigenvalue weighted by Gasteiger charge is -2.17. The second kappa shape index (κ2) is 5.97. The Kier molecular flexibility index (Phi) is 3.67. The molecule has 2 heterocycles. The van der Waals surface area contributed by atoms with Gasteiger partial charge in [0.05, 0.1) is 23.6 Å². The largest absolute Gasteiger partial charge is 0.376 e. The lowest BCUT2D eigenvalue weighted by molar-refractivity contribution is 0.0965. The number of aromatic nitrogens is 2. The molecule has 0 amide bonds. The quantitative estimate of drug-likeness (QED) is 0.746. The summed E-state index contributed by atoms with van der Waals surface area (Å²) in [6.45, 7) is 1.34. The van der Waals surface area contributed by atoms with Gasteiger partial charge < -0.3 is 4.74 Å². The summed E-state index contributed by atoms with van der Waals surface area (Å²) in [6.07, 6.45) is 2.15.